The summed E-state index contributed by atoms with van der Waals surface area (Å²) in [5, 5.41) is 6.34. The lowest BCUT2D eigenvalue weighted by Crippen LogP contribution is -2.34. The largest absolute Gasteiger partial charge is 0.497 e. The molecular formula is C19H21N3O3S2. The molecule has 1 heterocycles. The van der Waals surface area contributed by atoms with Crippen LogP contribution in [0, 0.1) is 5.92 Å². The Morgan fingerprint density at radius 1 is 1.30 bits per heavy atom. The first-order valence-electron chi connectivity index (χ1n) is 8.59. The summed E-state index contributed by atoms with van der Waals surface area (Å²) in [5.41, 5.74) is 7.55. The Hall–Kier alpha value is -2.45. The molecule has 1 aliphatic rings. The van der Waals surface area contributed by atoms with Crippen LogP contribution in [0.3, 0.4) is 0 Å². The van der Waals surface area contributed by atoms with E-state index in [2.05, 4.69) is 17.6 Å². The summed E-state index contributed by atoms with van der Waals surface area (Å²) < 4.78 is 5.08. The summed E-state index contributed by atoms with van der Waals surface area (Å²) in [6.07, 6.45) is 2.78. The molecule has 1 atom stereocenters. The Kier molecular flexibility index (Phi) is 5.76. The number of anilines is 1. The van der Waals surface area contributed by atoms with Crippen molar-refractivity contribution in [3.05, 3.63) is 45.8 Å². The molecule has 0 saturated carbocycles. The minimum absolute atomic E-state index is 0.130. The lowest BCUT2D eigenvalue weighted by atomic mass is 9.88. The molecule has 8 heteroatoms. The first kappa shape index (κ1) is 19.3. The maximum atomic E-state index is 12.3. The van der Waals surface area contributed by atoms with Crippen LogP contribution in [0.2, 0.25) is 0 Å². The molecular weight excluding hydrogens is 382 g/mol. The van der Waals surface area contributed by atoms with Gasteiger partial charge in [0.25, 0.3) is 11.8 Å². The SMILES string of the molecule is COc1ccc(C(=O)NC(=S)Nc2sc3c(c2C(N)=O)CCC(C)C3)cc1. The average Bonchev–Trinajstić information content (AvgIpc) is 2.98. The maximum Gasteiger partial charge on any atom is 0.257 e. The van der Waals surface area contributed by atoms with Crippen molar-refractivity contribution < 1.29 is 14.3 Å². The summed E-state index contributed by atoms with van der Waals surface area (Å²) in [6, 6.07) is 6.70. The first-order valence-corrected chi connectivity index (χ1v) is 9.82. The molecule has 2 amide bonds. The van der Waals surface area contributed by atoms with Crippen LogP contribution in [0.5, 0.6) is 5.75 Å². The maximum absolute atomic E-state index is 12.3. The highest BCUT2D eigenvalue weighted by Crippen LogP contribution is 2.39. The number of fused-ring (bicyclic) bond motifs is 1. The Bertz CT molecular complexity index is 890. The molecule has 1 unspecified atom stereocenters. The van der Waals surface area contributed by atoms with Gasteiger partial charge >= 0.3 is 0 Å². The van der Waals surface area contributed by atoms with Crippen LogP contribution >= 0.6 is 23.6 Å². The van der Waals surface area contributed by atoms with Crippen molar-refractivity contribution in [3.63, 3.8) is 0 Å². The van der Waals surface area contributed by atoms with Crippen LogP contribution in [-0.4, -0.2) is 24.0 Å². The van der Waals surface area contributed by atoms with E-state index in [0.29, 0.717) is 27.8 Å². The molecule has 0 fully saturated rings. The summed E-state index contributed by atoms with van der Waals surface area (Å²) >= 11 is 6.74. The van der Waals surface area contributed by atoms with E-state index in [0.717, 1.165) is 29.7 Å². The highest BCUT2D eigenvalue weighted by Gasteiger charge is 2.27. The number of hydrogen-bond donors (Lipinski definition) is 3. The Morgan fingerprint density at radius 3 is 2.63 bits per heavy atom. The number of hydrogen-bond acceptors (Lipinski definition) is 5. The van der Waals surface area contributed by atoms with Gasteiger partial charge in [-0.3, -0.25) is 14.9 Å². The van der Waals surface area contributed by atoms with Gasteiger partial charge in [0, 0.05) is 10.4 Å². The van der Waals surface area contributed by atoms with Gasteiger partial charge in [-0.2, -0.15) is 0 Å². The molecule has 3 rings (SSSR count). The third-order valence-corrected chi connectivity index (χ3v) is 5.94. The molecule has 1 aromatic carbocycles. The van der Waals surface area contributed by atoms with Crippen LogP contribution < -0.4 is 21.1 Å². The van der Waals surface area contributed by atoms with Gasteiger partial charge in [0.15, 0.2) is 5.11 Å². The lowest BCUT2D eigenvalue weighted by molar-refractivity contribution is 0.0975. The fraction of sp³-hybridized carbons (Fsp3) is 0.316. The number of carbonyl (C=O) groups excluding carboxylic acids is 2. The first-order chi connectivity index (χ1) is 12.9. The molecule has 2 aromatic rings. The Labute approximate surface area is 167 Å². The van der Waals surface area contributed by atoms with E-state index in [-0.39, 0.29) is 11.0 Å². The van der Waals surface area contributed by atoms with Gasteiger partial charge < -0.3 is 15.8 Å². The van der Waals surface area contributed by atoms with E-state index >= 15 is 0 Å². The smallest absolute Gasteiger partial charge is 0.257 e. The van der Waals surface area contributed by atoms with Gasteiger partial charge in [0.05, 0.1) is 12.7 Å². The number of primary amides is 1. The number of carbonyl (C=O) groups is 2. The normalized spacial score (nSPS) is 15.6. The van der Waals surface area contributed by atoms with Gasteiger partial charge in [-0.1, -0.05) is 6.92 Å². The fourth-order valence-electron chi connectivity index (χ4n) is 3.15. The van der Waals surface area contributed by atoms with Gasteiger partial charge in [-0.25, -0.2) is 0 Å². The van der Waals surface area contributed by atoms with E-state index in [1.807, 2.05) is 0 Å². The molecule has 6 nitrogen and oxygen atoms in total. The monoisotopic (exact) mass is 403 g/mol. The number of amides is 2. The Balaban J connectivity index is 1.73. The zero-order chi connectivity index (χ0) is 19.6. The second kappa shape index (κ2) is 8.06. The summed E-state index contributed by atoms with van der Waals surface area (Å²) in [6.45, 7) is 2.19. The molecule has 0 radical (unpaired) electrons. The lowest BCUT2D eigenvalue weighted by Gasteiger charge is -2.18. The van der Waals surface area contributed by atoms with E-state index in [9.17, 15) is 9.59 Å². The van der Waals surface area contributed by atoms with E-state index in [4.69, 9.17) is 22.7 Å². The van der Waals surface area contributed by atoms with Crippen LogP contribution in [0.25, 0.3) is 0 Å². The third-order valence-electron chi connectivity index (χ3n) is 4.56. The Morgan fingerprint density at radius 2 is 2.00 bits per heavy atom. The van der Waals surface area contributed by atoms with Gasteiger partial charge in [0.1, 0.15) is 10.8 Å². The number of nitrogens with two attached hydrogens (primary N) is 1. The number of benzene rings is 1. The number of nitrogens with one attached hydrogen (secondary N) is 2. The number of thiocarbonyl (C=S) groups is 1. The number of ether oxygens (including phenoxy) is 1. The molecule has 142 valence electrons. The van der Waals surface area contributed by atoms with Crippen molar-refractivity contribution in [1.82, 2.24) is 5.32 Å². The zero-order valence-corrected chi connectivity index (χ0v) is 16.8. The van der Waals surface area contributed by atoms with Gasteiger partial charge in [-0.05, 0) is 67.2 Å². The zero-order valence-electron chi connectivity index (χ0n) is 15.1. The van der Waals surface area contributed by atoms with Crippen molar-refractivity contribution in [3.8, 4) is 5.75 Å². The molecule has 0 saturated heterocycles. The summed E-state index contributed by atoms with van der Waals surface area (Å²) in [7, 11) is 1.56. The minimum Gasteiger partial charge on any atom is -0.497 e. The molecule has 0 aliphatic heterocycles. The average molecular weight is 404 g/mol. The van der Waals surface area contributed by atoms with Crippen LogP contribution in [0.1, 0.15) is 44.5 Å². The highest BCUT2D eigenvalue weighted by molar-refractivity contribution is 7.80. The summed E-state index contributed by atoms with van der Waals surface area (Å²) in [4.78, 5) is 25.5. The van der Waals surface area contributed by atoms with Crippen LogP contribution in [-0.2, 0) is 12.8 Å². The van der Waals surface area contributed by atoms with E-state index in [1.165, 1.54) is 11.3 Å². The molecule has 0 bridgehead atoms. The number of thiophene rings is 1. The highest BCUT2D eigenvalue weighted by atomic mass is 32.1. The molecule has 1 aromatic heterocycles. The standard InChI is InChI=1S/C19H21N3O3S2/c1-10-3-8-13-14(9-10)27-18(15(13)16(20)23)22-19(26)21-17(24)11-4-6-12(25-2)7-5-11/h4-7,10H,3,8-9H2,1-2H3,(H2,20,23)(H2,21,22,24,26). The number of methoxy groups -OCH3 is 1. The minimum atomic E-state index is -0.478. The van der Waals surface area contributed by atoms with Gasteiger partial charge in [0.2, 0.25) is 0 Å². The second-order valence-electron chi connectivity index (χ2n) is 6.56. The number of rotatable bonds is 4. The van der Waals surface area contributed by atoms with Gasteiger partial charge in [-0.15, -0.1) is 11.3 Å². The molecule has 0 spiro atoms. The second-order valence-corrected chi connectivity index (χ2v) is 8.07. The molecule has 27 heavy (non-hydrogen) atoms. The van der Waals surface area contributed by atoms with Crippen molar-refractivity contribution in [2.75, 3.05) is 12.4 Å². The summed E-state index contributed by atoms with van der Waals surface area (Å²) in [5.74, 6) is 0.419. The van der Waals surface area contributed by atoms with Crippen molar-refractivity contribution >= 4 is 45.5 Å². The molecule has 4 N–H and O–H groups in total. The van der Waals surface area contributed by atoms with E-state index < -0.39 is 5.91 Å². The van der Waals surface area contributed by atoms with Crippen molar-refractivity contribution in [2.24, 2.45) is 11.7 Å². The third kappa shape index (κ3) is 4.28. The van der Waals surface area contributed by atoms with Crippen LogP contribution in [0.15, 0.2) is 24.3 Å². The predicted octanol–water partition coefficient (Wildman–Crippen LogP) is 3.11. The van der Waals surface area contributed by atoms with Crippen molar-refractivity contribution in [2.45, 2.75) is 26.2 Å². The fourth-order valence-corrected chi connectivity index (χ4v) is 4.83. The van der Waals surface area contributed by atoms with E-state index in [1.54, 1.807) is 31.4 Å². The topological polar surface area (TPSA) is 93.4 Å². The van der Waals surface area contributed by atoms with Crippen LogP contribution in [0.4, 0.5) is 5.00 Å². The molecule has 1 aliphatic carbocycles. The van der Waals surface area contributed by atoms with Crippen molar-refractivity contribution in [1.29, 1.82) is 0 Å². The quantitative estimate of drug-likeness (QED) is 0.682. The predicted molar refractivity (Wildman–Crippen MR) is 111 cm³/mol.